The normalized spacial score (nSPS) is 14.2. The molecule has 7 heteroatoms. The molecule has 0 saturated heterocycles. The lowest BCUT2D eigenvalue weighted by Gasteiger charge is -2.32. The van der Waals surface area contributed by atoms with Crippen LogP contribution in [-0.2, 0) is 22.6 Å². The fraction of sp³-hybridized carbons (Fsp3) is 0.355. The number of rotatable bonds is 10. The molecule has 3 aromatic carbocycles. The fourth-order valence-electron chi connectivity index (χ4n) is 4.97. The van der Waals surface area contributed by atoms with E-state index in [1.807, 2.05) is 74.5 Å². The van der Waals surface area contributed by atoms with Gasteiger partial charge in [0.25, 0.3) is 5.91 Å². The third kappa shape index (κ3) is 7.61. The van der Waals surface area contributed by atoms with Crippen molar-refractivity contribution in [3.05, 3.63) is 98.5 Å². The van der Waals surface area contributed by atoms with E-state index in [2.05, 4.69) is 21.2 Å². The fourth-order valence-corrected chi connectivity index (χ4v) is 5.41. The highest BCUT2D eigenvalue weighted by Gasteiger charge is 2.32. The van der Waals surface area contributed by atoms with Crippen LogP contribution in [0.25, 0.3) is 0 Å². The first-order valence-corrected chi connectivity index (χ1v) is 14.2. The number of nitrogens with zero attached hydrogens (tertiary/aromatic N) is 1. The van der Waals surface area contributed by atoms with Crippen LogP contribution in [0, 0.1) is 13.8 Å². The van der Waals surface area contributed by atoms with Crippen LogP contribution in [0.2, 0.25) is 5.02 Å². The molecular weight excluding hydrogens is 564 g/mol. The van der Waals surface area contributed by atoms with Gasteiger partial charge in [-0.15, -0.1) is 0 Å². The van der Waals surface area contributed by atoms with Crippen molar-refractivity contribution in [1.82, 2.24) is 10.2 Å². The van der Waals surface area contributed by atoms with Crippen LogP contribution >= 0.6 is 27.5 Å². The first kappa shape index (κ1) is 28.2. The highest BCUT2D eigenvalue weighted by atomic mass is 79.9. The topological polar surface area (TPSA) is 58.6 Å². The summed E-state index contributed by atoms with van der Waals surface area (Å²) in [5.74, 6) is 0.228. The molecule has 0 spiro atoms. The highest BCUT2D eigenvalue weighted by Crippen LogP contribution is 2.27. The predicted octanol–water partition coefficient (Wildman–Crippen LogP) is 6.80. The van der Waals surface area contributed by atoms with Gasteiger partial charge in [0, 0.05) is 28.5 Å². The summed E-state index contributed by atoms with van der Waals surface area (Å²) in [5, 5.41) is 3.81. The maximum atomic E-state index is 13.8. The van der Waals surface area contributed by atoms with Gasteiger partial charge in [0.15, 0.2) is 6.61 Å². The molecule has 1 fully saturated rings. The number of hydrogen-bond acceptors (Lipinski definition) is 3. The van der Waals surface area contributed by atoms with Gasteiger partial charge in [0.05, 0.1) is 0 Å². The number of carbonyl (C=O) groups excluding carboxylic acids is 2. The molecule has 0 heterocycles. The van der Waals surface area contributed by atoms with Crippen LogP contribution in [0.3, 0.4) is 0 Å². The van der Waals surface area contributed by atoms with E-state index in [9.17, 15) is 9.59 Å². The molecule has 1 saturated carbocycles. The highest BCUT2D eigenvalue weighted by molar-refractivity contribution is 9.10. The van der Waals surface area contributed by atoms with Crippen molar-refractivity contribution in [2.24, 2.45) is 0 Å². The van der Waals surface area contributed by atoms with Gasteiger partial charge in [0.2, 0.25) is 5.91 Å². The summed E-state index contributed by atoms with van der Waals surface area (Å²) in [6.45, 7) is 4.04. The third-order valence-corrected chi connectivity index (χ3v) is 8.47. The molecule has 2 amide bonds. The maximum Gasteiger partial charge on any atom is 0.261 e. The van der Waals surface area contributed by atoms with E-state index in [4.69, 9.17) is 16.3 Å². The standard InChI is InChI=1S/C31H34BrClN2O3/c1-21-15-27(16-22(2)30(21)32)38-20-29(36)35(19-24-11-8-12-25(33)17-24)28(18-23-9-4-3-5-10-23)31(37)34-26-13-6-7-14-26/h3-5,8-12,15-17,26,28H,6-7,13-14,18-20H2,1-2H3,(H,34,37). The quantitative estimate of drug-likeness (QED) is 0.280. The van der Waals surface area contributed by atoms with Gasteiger partial charge >= 0.3 is 0 Å². The van der Waals surface area contributed by atoms with Crippen LogP contribution in [0.1, 0.15) is 47.9 Å². The number of halogens is 2. The van der Waals surface area contributed by atoms with E-state index < -0.39 is 6.04 Å². The van der Waals surface area contributed by atoms with Gasteiger partial charge in [-0.3, -0.25) is 9.59 Å². The monoisotopic (exact) mass is 596 g/mol. The van der Waals surface area contributed by atoms with Crippen molar-refractivity contribution in [2.45, 2.75) is 64.6 Å². The Balaban J connectivity index is 1.62. The predicted molar refractivity (Wildman–Crippen MR) is 155 cm³/mol. The minimum absolute atomic E-state index is 0.133. The summed E-state index contributed by atoms with van der Waals surface area (Å²) in [4.78, 5) is 29.2. The van der Waals surface area contributed by atoms with Crippen molar-refractivity contribution in [3.8, 4) is 5.75 Å². The zero-order chi connectivity index (χ0) is 27.1. The van der Waals surface area contributed by atoms with Crippen LogP contribution in [0.5, 0.6) is 5.75 Å². The molecule has 1 aliphatic rings. The van der Waals surface area contributed by atoms with E-state index in [0.717, 1.165) is 52.4 Å². The number of ether oxygens (including phenoxy) is 1. The molecule has 4 rings (SSSR count). The largest absolute Gasteiger partial charge is 0.484 e. The Bertz CT molecular complexity index is 1240. The molecule has 0 aliphatic heterocycles. The van der Waals surface area contributed by atoms with Gasteiger partial charge in [0.1, 0.15) is 11.8 Å². The minimum atomic E-state index is -0.693. The Kier molecular flexibility index (Phi) is 9.86. The molecule has 0 bridgehead atoms. The summed E-state index contributed by atoms with van der Waals surface area (Å²) in [5.41, 5.74) is 3.90. The third-order valence-electron chi connectivity index (χ3n) is 6.99. The van der Waals surface area contributed by atoms with E-state index >= 15 is 0 Å². The van der Waals surface area contributed by atoms with Gasteiger partial charge in [-0.25, -0.2) is 0 Å². The molecule has 1 atom stereocenters. The Labute approximate surface area is 238 Å². The zero-order valence-electron chi connectivity index (χ0n) is 21.9. The van der Waals surface area contributed by atoms with E-state index in [0.29, 0.717) is 17.2 Å². The van der Waals surface area contributed by atoms with E-state index in [-0.39, 0.29) is 31.0 Å². The van der Waals surface area contributed by atoms with Gasteiger partial charge in [-0.1, -0.05) is 82.8 Å². The number of carbonyl (C=O) groups is 2. The van der Waals surface area contributed by atoms with Crippen LogP contribution in [0.15, 0.2) is 71.2 Å². The molecule has 0 aromatic heterocycles. The number of amides is 2. The molecule has 5 nitrogen and oxygen atoms in total. The summed E-state index contributed by atoms with van der Waals surface area (Å²) < 4.78 is 6.99. The van der Waals surface area contributed by atoms with Crippen molar-refractivity contribution < 1.29 is 14.3 Å². The van der Waals surface area contributed by atoms with Crippen LogP contribution in [0.4, 0.5) is 0 Å². The molecule has 3 aromatic rings. The van der Waals surface area contributed by atoms with Crippen molar-refractivity contribution in [2.75, 3.05) is 6.61 Å². The Morgan fingerprint density at radius 3 is 2.32 bits per heavy atom. The zero-order valence-corrected chi connectivity index (χ0v) is 24.2. The molecule has 1 unspecified atom stereocenters. The summed E-state index contributed by atoms with van der Waals surface area (Å²) >= 11 is 9.84. The maximum absolute atomic E-state index is 13.8. The Morgan fingerprint density at radius 2 is 1.66 bits per heavy atom. The van der Waals surface area contributed by atoms with Crippen molar-refractivity contribution >= 4 is 39.3 Å². The average Bonchev–Trinajstić information content (AvgIpc) is 3.41. The first-order valence-electron chi connectivity index (χ1n) is 13.1. The summed E-state index contributed by atoms with van der Waals surface area (Å²) in [7, 11) is 0. The number of aryl methyl sites for hydroxylation is 2. The second kappa shape index (κ2) is 13.3. The summed E-state index contributed by atoms with van der Waals surface area (Å²) in [6.07, 6.45) is 4.57. The van der Waals surface area contributed by atoms with Gasteiger partial charge in [-0.05, 0) is 73.2 Å². The van der Waals surface area contributed by atoms with Crippen molar-refractivity contribution in [1.29, 1.82) is 0 Å². The van der Waals surface area contributed by atoms with Gasteiger partial charge in [-0.2, -0.15) is 0 Å². The number of nitrogens with one attached hydrogen (secondary N) is 1. The van der Waals surface area contributed by atoms with Crippen LogP contribution < -0.4 is 10.1 Å². The minimum Gasteiger partial charge on any atom is -0.484 e. The molecule has 0 radical (unpaired) electrons. The Hall–Kier alpha value is -2.83. The lowest BCUT2D eigenvalue weighted by molar-refractivity contribution is -0.143. The number of benzene rings is 3. The first-order chi connectivity index (χ1) is 18.3. The lowest BCUT2D eigenvalue weighted by atomic mass is 10.0. The SMILES string of the molecule is Cc1cc(OCC(=O)N(Cc2cccc(Cl)c2)C(Cc2ccccc2)C(=O)NC2CCCC2)cc(C)c1Br. The molecule has 1 aliphatic carbocycles. The smallest absolute Gasteiger partial charge is 0.261 e. The second-order valence-corrected chi connectivity index (χ2v) is 11.2. The lowest BCUT2D eigenvalue weighted by Crippen LogP contribution is -2.53. The molecular formula is C31H34BrClN2O3. The van der Waals surface area contributed by atoms with Gasteiger partial charge < -0.3 is 15.0 Å². The number of hydrogen-bond donors (Lipinski definition) is 1. The van der Waals surface area contributed by atoms with Crippen molar-refractivity contribution in [3.63, 3.8) is 0 Å². The Morgan fingerprint density at radius 1 is 1.00 bits per heavy atom. The van der Waals surface area contributed by atoms with E-state index in [1.54, 1.807) is 11.0 Å². The molecule has 200 valence electrons. The second-order valence-electron chi connectivity index (χ2n) is 10.0. The van der Waals surface area contributed by atoms with E-state index in [1.165, 1.54) is 0 Å². The summed E-state index contributed by atoms with van der Waals surface area (Å²) in [6, 6.07) is 20.5. The molecule has 1 N–H and O–H groups in total. The molecule has 38 heavy (non-hydrogen) atoms. The average molecular weight is 598 g/mol. The van der Waals surface area contributed by atoms with Crippen LogP contribution in [-0.4, -0.2) is 35.4 Å².